The first-order chi connectivity index (χ1) is 7.91. The molecule has 1 aromatic rings. The van der Waals surface area contributed by atoms with Crippen LogP contribution in [-0.2, 0) is 4.79 Å². The van der Waals surface area contributed by atoms with E-state index in [1.807, 2.05) is 0 Å². The molecule has 0 unspecified atom stereocenters. The molecule has 0 aliphatic heterocycles. The molecule has 0 saturated carbocycles. The van der Waals surface area contributed by atoms with Crippen LogP contribution in [0.4, 0.5) is 5.69 Å². The molecule has 0 N–H and O–H groups in total. The van der Waals surface area contributed by atoms with Crippen molar-refractivity contribution in [3.63, 3.8) is 0 Å². The van der Waals surface area contributed by atoms with Gasteiger partial charge < -0.3 is 4.90 Å². The average molecular weight is 236 g/mol. The van der Waals surface area contributed by atoms with E-state index in [4.69, 9.17) is 0 Å². The number of rotatable bonds is 4. The Hall–Kier alpha value is -2.24. The Labute approximate surface area is 98.0 Å². The molecule has 17 heavy (non-hydrogen) atoms. The van der Waals surface area contributed by atoms with Gasteiger partial charge in [-0.25, -0.2) is 0 Å². The zero-order valence-corrected chi connectivity index (χ0v) is 9.54. The van der Waals surface area contributed by atoms with E-state index >= 15 is 0 Å². The van der Waals surface area contributed by atoms with Gasteiger partial charge in [-0.1, -0.05) is 6.07 Å². The van der Waals surface area contributed by atoms with Crippen molar-refractivity contribution in [2.75, 3.05) is 13.6 Å². The number of hydrogen-bond donors (Lipinski definition) is 0. The SMILES string of the molecule is CC(=O)CN(C)C(=O)c1cccc([N+](=O)[O-])c1. The molecule has 6 heteroatoms. The molecule has 1 amide bonds. The van der Waals surface area contributed by atoms with Crippen molar-refractivity contribution in [1.29, 1.82) is 0 Å². The number of nitro benzene ring substituents is 1. The van der Waals surface area contributed by atoms with E-state index in [9.17, 15) is 19.7 Å². The van der Waals surface area contributed by atoms with Gasteiger partial charge in [0.2, 0.25) is 0 Å². The first-order valence-electron chi connectivity index (χ1n) is 4.91. The van der Waals surface area contributed by atoms with Gasteiger partial charge >= 0.3 is 0 Å². The maximum absolute atomic E-state index is 11.8. The van der Waals surface area contributed by atoms with Crippen LogP contribution in [0.1, 0.15) is 17.3 Å². The largest absolute Gasteiger partial charge is 0.334 e. The molecule has 0 saturated heterocycles. The summed E-state index contributed by atoms with van der Waals surface area (Å²) < 4.78 is 0. The van der Waals surface area contributed by atoms with Gasteiger partial charge in [-0.2, -0.15) is 0 Å². The number of hydrogen-bond acceptors (Lipinski definition) is 4. The molecule has 0 atom stereocenters. The summed E-state index contributed by atoms with van der Waals surface area (Å²) in [5.41, 5.74) is 0.0509. The highest BCUT2D eigenvalue weighted by molar-refractivity contribution is 5.96. The Morgan fingerprint density at radius 2 is 2.06 bits per heavy atom. The van der Waals surface area contributed by atoms with Crippen LogP contribution in [0.5, 0.6) is 0 Å². The molecule has 0 aliphatic rings. The van der Waals surface area contributed by atoms with Crippen molar-refractivity contribution in [2.45, 2.75) is 6.92 Å². The number of Topliss-reactive ketones (excluding diaryl/α,β-unsaturated/α-hetero) is 1. The number of ketones is 1. The van der Waals surface area contributed by atoms with Crippen LogP contribution in [0.15, 0.2) is 24.3 Å². The summed E-state index contributed by atoms with van der Waals surface area (Å²) in [6.45, 7) is 1.36. The zero-order valence-electron chi connectivity index (χ0n) is 9.54. The lowest BCUT2D eigenvalue weighted by molar-refractivity contribution is -0.384. The third-order valence-corrected chi connectivity index (χ3v) is 2.11. The van der Waals surface area contributed by atoms with E-state index in [1.165, 1.54) is 43.1 Å². The predicted molar refractivity (Wildman–Crippen MR) is 60.7 cm³/mol. The standard InChI is InChI=1S/C11H12N2O4/c1-8(14)7-12(2)11(15)9-4-3-5-10(6-9)13(16)17/h3-6H,7H2,1-2H3. The normalized spacial score (nSPS) is 9.76. The van der Waals surface area contributed by atoms with E-state index in [0.717, 1.165) is 0 Å². The summed E-state index contributed by atoms with van der Waals surface area (Å²) in [5, 5.41) is 10.5. The maximum atomic E-state index is 11.8. The lowest BCUT2D eigenvalue weighted by Gasteiger charge is -2.14. The molecule has 1 aromatic carbocycles. The topological polar surface area (TPSA) is 80.5 Å². The van der Waals surface area contributed by atoms with Crippen LogP contribution in [0.3, 0.4) is 0 Å². The van der Waals surface area contributed by atoms with Crippen molar-refractivity contribution >= 4 is 17.4 Å². The van der Waals surface area contributed by atoms with Gasteiger partial charge in [0.15, 0.2) is 0 Å². The predicted octanol–water partition coefficient (Wildman–Crippen LogP) is 1.26. The van der Waals surface area contributed by atoms with Gasteiger partial charge in [0.25, 0.3) is 11.6 Å². The third-order valence-electron chi connectivity index (χ3n) is 2.11. The van der Waals surface area contributed by atoms with Crippen LogP contribution in [0.25, 0.3) is 0 Å². The number of carbonyl (C=O) groups excluding carboxylic acids is 2. The molecule has 6 nitrogen and oxygen atoms in total. The molecular formula is C11H12N2O4. The summed E-state index contributed by atoms with van der Waals surface area (Å²) in [5.74, 6) is -0.560. The van der Waals surface area contributed by atoms with E-state index in [1.54, 1.807) is 0 Å². The highest BCUT2D eigenvalue weighted by atomic mass is 16.6. The Kier molecular flexibility index (Phi) is 3.92. The number of likely N-dealkylation sites (N-methyl/N-ethyl adjacent to an activating group) is 1. The average Bonchev–Trinajstić information content (AvgIpc) is 2.27. The Morgan fingerprint density at radius 3 is 2.59 bits per heavy atom. The van der Waals surface area contributed by atoms with Crippen molar-refractivity contribution in [3.8, 4) is 0 Å². The lowest BCUT2D eigenvalue weighted by Crippen LogP contribution is -2.31. The molecule has 0 aliphatic carbocycles. The fourth-order valence-electron chi connectivity index (χ4n) is 1.38. The molecule has 90 valence electrons. The van der Waals surface area contributed by atoms with E-state index < -0.39 is 10.8 Å². The molecule has 0 bridgehead atoms. The highest BCUT2D eigenvalue weighted by Crippen LogP contribution is 2.14. The van der Waals surface area contributed by atoms with E-state index in [0.29, 0.717) is 0 Å². The van der Waals surface area contributed by atoms with Crippen molar-refractivity contribution in [1.82, 2.24) is 4.90 Å². The second kappa shape index (κ2) is 5.20. The second-order valence-corrected chi connectivity index (χ2v) is 3.67. The van der Waals surface area contributed by atoms with E-state index in [2.05, 4.69) is 0 Å². The van der Waals surface area contributed by atoms with Gasteiger partial charge in [0.1, 0.15) is 5.78 Å². The molecule has 0 fully saturated rings. The van der Waals surface area contributed by atoms with Crippen LogP contribution >= 0.6 is 0 Å². The number of benzene rings is 1. The van der Waals surface area contributed by atoms with Gasteiger partial charge in [-0.05, 0) is 13.0 Å². The summed E-state index contributed by atoms with van der Waals surface area (Å²) in [7, 11) is 1.47. The monoisotopic (exact) mass is 236 g/mol. The number of non-ortho nitro benzene ring substituents is 1. The van der Waals surface area contributed by atoms with E-state index in [-0.39, 0.29) is 23.6 Å². The second-order valence-electron chi connectivity index (χ2n) is 3.67. The summed E-state index contributed by atoms with van der Waals surface area (Å²) in [6.07, 6.45) is 0. The first kappa shape index (κ1) is 12.8. The Balaban J connectivity index is 2.92. The first-order valence-corrected chi connectivity index (χ1v) is 4.91. The molecule has 0 heterocycles. The van der Waals surface area contributed by atoms with Crippen molar-refractivity contribution < 1.29 is 14.5 Å². The quantitative estimate of drug-likeness (QED) is 0.582. The Bertz CT molecular complexity index is 470. The maximum Gasteiger partial charge on any atom is 0.270 e. The molecule has 0 radical (unpaired) electrons. The molecule has 1 rings (SSSR count). The van der Waals surface area contributed by atoms with Crippen LogP contribution in [0.2, 0.25) is 0 Å². The number of nitrogens with zero attached hydrogens (tertiary/aromatic N) is 2. The zero-order chi connectivity index (χ0) is 13.0. The minimum Gasteiger partial charge on any atom is -0.334 e. The fourth-order valence-corrected chi connectivity index (χ4v) is 1.38. The number of carbonyl (C=O) groups is 2. The fraction of sp³-hybridized carbons (Fsp3) is 0.273. The third kappa shape index (κ3) is 3.37. The van der Waals surface area contributed by atoms with Crippen molar-refractivity contribution in [3.05, 3.63) is 39.9 Å². The van der Waals surface area contributed by atoms with Gasteiger partial charge in [-0.3, -0.25) is 19.7 Å². The summed E-state index contributed by atoms with van der Waals surface area (Å²) >= 11 is 0. The van der Waals surface area contributed by atoms with Crippen LogP contribution < -0.4 is 0 Å². The van der Waals surface area contributed by atoms with Gasteiger partial charge in [0, 0.05) is 24.7 Å². The number of nitro groups is 1. The van der Waals surface area contributed by atoms with Crippen molar-refractivity contribution in [2.24, 2.45) is 0 Å². The molecule has 0 aromatic heterocycles. The smallest absolute Gasteiger partial charge is 0.270 e. The van der Waals surface area contributed by atoms with Gasteiger partial charge in [0.05, 0.1) is 11.5 Å². The molecule has 0 spiro atoms. The minimum absolute atomic E-state index is 0.0124. The Morgan fingerprint density at radius 1 is 1.41 bits per heavy atom. The summed E-state index contributed by atoms with van der Waals surface area (Å²) in [4.78, 5) is 33.9. The van der Waals surface area contributed by atoms with Crippen LogP contribution in [-0.4, -0.2) is 35.1 Å². The highest BCUT2D eigenvalue weighted by Gasteiger charge is 2.15. The lowest BCUT2D eigenvalue weighted by atomic mass is 10.2. The van der Waals surface area contributed by atoms with Gasteiger partial charge in [-0.15, -0.1) is 0 Å². The van der Waals surface area contributed by atoms with Crippen LogP contribution in [0, 0.1) is 10.1 Å². The number of amides is 1. The minimum atomic E-state index is -0.568. The summed E-state index contributed by atoms with van der Waals surface area (Å²) in [6, 6.07) is 5.42. The molecular weight excluding hydrogens is 224 g/mol.